The number of carbonyl (C=O) groups excluding carboxylic acids is 1. The van der Waals surface area contributed by atoms with Crippen molar-refractivity contribution in [2.24, 2.45) is 4.99 Å². The summed E-state index contributed by atoms with van der Waals surface area (Å²) in [7, 11) is 0. The average Bonchev–Trinajstić information content (AvgIpc) is 2.91. The van der Waals surface area contributed by atoms with Gasteiger partial charge < -0.3 is 15.5 Å². The predicted octanol–water partition coefficient (Wildman–Crippen LogP) is 2.91. The van der Waals surface area contributed by atoms with Gasteiger partial charge in [0.25, 0.3) is 0 Å². The molecule has 2 rings (SSSR count). The highest BCUT2D eigenvalue weighted by atomic mass is 32.1. The van der Waals surface area contributed by atoms with E-state index < -0.39 is 17.7 Å². The number of aromatic hydroxyl groups is 1. The number of phenolic OH excluding ortho intramolecular Hbond substituents is 1. The lowest BCUT2D eigenvalue weighted by molar-refractivity contribution is 0.112. The average molecular weight is 332 g/mol. The third-order valence-corrected chi connectivity index (χ3v) is 3.60. The van der Waals surface area contributed by atoms with Crippen LogP contribution in [-0.4, -0.2) is 28.9 Å². The molecule has 1 atom stereocenters. The summed E-state index contributed by atoms with van der Waals surface area (Å²) in [6.07, 6.45) is 1.23. The van der Waals surface area contributed by atoms with Gasteiger partial charge in [-0.2, -0.15) is 0 Å². The predicted molar refractivity (Wildman–Crippen MR) is 88.1 cm³/mol. The largest absolute Gasteiger partial charge is 0.505 e. The van der Waals surface area contributed by atoms with E-state index in [1.54, 1.807) is 13.0 Å². The summed E-state index contributed by atoms with van der Waals surface area (Å²) in [4.78, 5) is 16.1. The molecule has 0 saturated heterocycles. The van der Waals surface area contributed by atoms with Crippen molar-refractivity contribution in [3.05, 3.63) is 39.8 Å². The Hall–Kier alpha value is -2.69. The Kier molecular flexibility index (Phi) is 5.46. The van der Waals surface area contributed by atoms with Crippen LogP contribution in [0, 0.1) is 17.7 Å². The van der Waals surface area contributed by atoms with Gasteiger partial charge in [-0.05, 0) is 25.1 Å². The number of hydrogen-bond acceptors (Lipinski definition) is 5. The molecule has 5 nitrogen and oxygen atoms in total. The van der Waals surface area contributed by atoms with E-state index in [9.17, 15) is 9.18 Å². The lowest BCUT2D eigenvalue weighted by Gasteiger charge is -2.01. The lowest BCUT2D eigenvalue weighted by atomic mass is 10.3. The number of hydrogen-bond donors (Lipinski definition) is 3. The number of phenols is 1. The van der Waals surface area contributed by atoms with Gasteiger partial charge in [0.05, 0.1) is 21.8 Å². The second-order valence-electron chi connectivity index (χ2n) is 4.49. The molecule has 7 heteroatoms. The first-order valence-electron chi connectivity index (χ1n) is 6.56. The minimum Gasteiger partial charge on any atom is -0.505 e. The molecule has 23 heavy (non-hydrogen) atoms. The standard InChI is InChI=1S/C16H13FN2O3S/c1-10(21)2-4-12-7-14(16(8-20)23-12)19-9-18-11-3-5-15(22)13(17)6-11/h3,5-10,21-22H,1H3,(H,18,19). The minimum atomic E-state index is -0.755. The molecule has 0 spiro atoms. The zero-order valence-corrected chi connectivity index (χ0v) is 12.9. The third kappa shape index (κ3) is 4.64. The number of aliphatic hydroxyl groups is 1. The monoisotopic (exact) mass is 332 g/mol. The number of carbonyl (C=O) groups is 1. The van der Waals surface area contributed by atoms with Crippen molar-refractivity contribution in [2.75, 3.05) is 5.32 Å². The van der Waals surface area contributed by atoms with Gasteiger partial charge in [0.15, 0.2) is 17.9 Å². The van der Waals surface area contributed by atoms with Gasteiger partial charge in [-0.25, -0.2) is 9.38 Å². The number of aldehydes is 1. The van der Waals surface area contributed by atoms with E-state index in [0.29, 0.717) is 27.4 Å². The van der Waals surface area contributed by atoms with Gasteiger partial charge in [-0.1, -0.05) is 11.8 Å². The topological polar surface area (TPSA) is 81.9 Å². The fourth-order valence-corrected chi connectivity index (χ4v) is 2.37. The first kappa shape index (κ1) is 16.7. The molecule has 0 aliphatic heterocycles. The number of aliphatic imine (C=N–C) groups is 1. The quantitative estimate of drug-likeness (QED) is 0.264. The Morgan fingerprint density at radius 3 is 2.87 bits per heavy atom. The van der Waals surface area contributed by atoms with Crippen LogP contribution in [0.4, 0.5) is 15.8 Å². The SMILES string of the molecule is CC(O)C#Cc1cc(N=CNc2ccc(O)c(F)c2)c(C=O)s1. The van der Waals surface area contributed by atoms with Crippen LogP contribution in [0.15, 0.2) is 29.3 Å². The molecule has 1 unspecified atom stereocenters. The first-order chi connectivity index (χ1) is 11.0. The molecule has 0 fully saturated rings. The number of benzene rings is 1. The number of nitrogens with zero attached hydrogens (tertiary/aromatic N) is 1. The highest BCUT2D eigenvalue weighted by Crippen LogP contribution is 2.27. The van der Waals surface area contributed by atoms with Crippen molar-refractivity contribution < 1.29 is 19.4 Å². The minimum absolute atomic E-state index is 0.398. The zero-order chi connectivity index (χ0) is 16.8. The molecular weight excluding hydrogens is 319 g/mol. The molecule has 0 amide bonds. The van der Waals surface area contributed by atoms with Gasteiger partial charge in [0, 0.05) is 11.8 Å². The van der Waals surface area contributed by atoms with Crippen LogP contribution >= 0.6 is 11.3 Å². The summed E-state index contributed by atoms with van der Waals surface area (Å²) in [5.74, 6) is 4.15. The van der Waals surface area contributed by atoms with Crippen molar-refractivity contribution >= 4 is 35.3 Å². The van der Waals surface area contributed by atoms with E-state index in [1.165, 1.54) is 18.5 Å². The van der Waals surface area contributed by atoms with E-state index in [4.69, 9.17) is 10.2 Å². The number of aliphatic hydroxyl groups excluding tert-OH is 1. The van der Waals surface area contributed by atoms with E-state index >= 15 is 0 Å². The number of rotatable bonds is 4. The molecule has 2 aromatic rings. The van der Waals surface area contributed by atoms with E-state index in [2.05, 4.69) is 22.2 Å². The van der Waals surface area contributed by atoms with Crippen LogP contribution in [0.3, 0.4) is 0 Å². The Morgan fingerprint density at radius 1 is 1.43 bits per heavy atom. The molecule has 0 aliphatic carbocycles. The summed E-state index contributed by atoms with van der Waals surface area (Å²) in [6, 6.07) is 5.45. The second-order valence-corrected chi connectivity index (χ2v) is 5.58. The molecule has 118 valence electrons. The molecule has 0 aliphatic rings. The maximum Gasteiger partial charge on any atom is 0.166 e. The molecular formula is C16H13FN2O3S. The van der Waals surface area contributed by atoms with Gasteiger partial charge in [0.1, 0.15) is 6.10 Å². The summed E-state index contributed by atoms with van der Waals surface area (Å²) < 4.78 is 13.2. The molecule has 1 aromatic carbocycles. The molecule has 0 bridgehead atoms. The number of nitrogens with one attached hydrogen (secondary N) is 1. The smallest absolute Gasteiger partial charge is 0.166 e. The highest BCUT2D eigenvalue weighted by molar-refractivity contribution is 7.14. The fourth-order valence-electron chi connectivity index (χ4n) is 1.59. The summed E-state index contributed by atoms with van der Waals surface area (Å²) in [5.41, 5.74) is 0.827. The summed E-state index contributed by atoms with van der Waals surface area (Å²) in [6.45, 7) is 1.54. The highest BCUT2D eigenvalue weighted by Gasteiger charge is 2.06. The van der Waals surface area contributed by atoms with Crippen LogP contribution in [0.5, 0.6) is 5.75 Å². The van der Waals surface area contributed by atoms with Crippen molar-refractivity contribution in [1.29, 1.82) is 0 Å². The second kappa shape index (κ2) is 7.54. The van der Waals surface area contributed by atoms with E-state index in [-0.39, 0.29) is 0 Å². The lowest BCUT2D eigenvalue weighted by Crippen LogP contribution is -1.94. The Morgan fingerprint density at radius 2 is 2.22 bits per heavy atom. The van der Waals surface area contributed by atoms with Crippen LogP contribution in [0.25, 0.3) is 0 Å². The van der Waals surface area contributed by atoms with Crippen molar-refractivity contribution in [2.45, 2.75) is 13.0 Å². The molecule has 0 radical (unpaired) electrons. The molecule has 3 N–H and O–H groups in total. The number of anilines is 1. The maximum atomic E-state index is 13.2. The molecule has 1 heterocycles. The molecule has 1 aromatic heterocycles. The van der Waals surface area contributed by atoms with Gasteiger partial charge >= 0.3 is 0 Å². The Labute approximate surface area is 136 Å². The van der Waals surface area contributed by atoms with Gasteiger partial charge in [-0.15, -0.1) is 11.3 Å². The zero-order valence-electron chi connectivity index (χ0n) is 12.1. The van der Waals surface area contributed by atoms with Crippen LogP contribution in [-0.2, 0) is 0 Å². The van der Waals surface area contributed by atoms with Crippen LogP contribution in [0.2, 0.25) is 0 Å². The Bertz CT molecular complexity index is 803. The van der Waals surface area contributed by atoms with Crippen LogP contribution < -0.4 is 5.32 Å². The summed E-state index contributed by atoms with van der Waals surface area (Å²) >= 11 is 1.16. The van der Waals surface area contributed by atoms with Gasteiger partial charge in [0.2, 0.25) is 0 Å². The summed E-state index contributed by atoms with van der Waals surface area (Å²) in [5, 5.41) is 21.0. The third-order valence-electron chi connectivity index (χ3n) is 2.63. The van der Waals surface area contributed by atoms with E-state index in [1.807, 2.05) is 0 Å². The first-order valence-corrected chi connectivity index (χ1v) is 7.37. The molecule has 0 saturated carbocycles. The van der Waals surface area contributed by atoms with Crippen LogP contribution in [0.1, 0.15) is 21.5 Å². The number of thiophene rings is 1. The van der Waals surface area contributed by atoms with Crippen molar-refractivity contribution in [3.63, 3.8) is 0 Å². The Balaban J connectivity index is 2.14. The fraction of sp³-hybridized carbons (Fsp3) is 0.125. The maximum absolute atomic E-state index is 13.2. The van der Waals surface area contributed by atoms with Crippen molar-refractivity contribution in [3.8, 4) is 17.6 Å². The van der Waals surface area contributed by atoms with Gasteiger partial charge in [-0.3, -0.25) is 4.79 Å². The van der Waals surface area contributed by atoms with E-state index in [0.717, 1.165) is 17.4 Å². The van der Waals surface area contributed by atoms with Crippen molar-refractivity contribution in [1.82, 2.24) is 0 Å². The number of halogens is 1. The normalized spacial score (nSPS) is 11.8.